The maximum atomic E-state index is 13.3. The molecule has 0 aliphatic rings. The van der Waals surface area contributed by atoms with Crippen LogP contribution in [0.15, 0.2) is 54.6 Å². The molecular formula is C17H13F3O. The molecule has 0 radical (unpaired) electrons. The van der Waals surface area contributed by atoms with Gasteiger partial charge < -0.3 is 5.11 Å². The van der Waals surface area contributed by atoms with E-state index in [1.807, 2.05) is 5.92 Å². The van der Waals surface area contributed by atoms with Crippen molar-refractivity contribution in [3.63, 3.8) is 0 Å². The van der Waals surface area contributed by atoms with Gasteiger partial charge in [-0.25, -0.2) is 0 Å². The van der Waals surface area contributed by atoms with Gasteiger partial charge in [-0.2, -0.15) is 13.2 Å². The lowest BCUT2D eigenvalue weighted by molar-refractivity contribution is -0.240. The number of aryl methyl sites for hydroxylation is 1. The zero-order chi connectivity index (χ0) is 15.5. The molecule has 1 atom stereocenters. The van der Waals surface area contributed by atoms with Crippen molar-refractivity contribution < 1.29 is 18.3 Å². The Kier molecular flexibility index (Phi) is 4.06. The van der Waals surface area contributed by atoms with E-state index in [-0.39, 0.29) is 5.56 Å². The lowest BCUT2D eigenvalue weighted by Crippen LogP contribution is -2.41. The van der Waals surface area contributed by atoms with Crippen molar-refractivity contribution in [2.45, 2.75) is 18.7 Å². The second kappa shape index (κ2) is 5.63. The van der Waals surface area contributed by atoms with Crippen LogP contribution in [0.5, 0.6) is 0 Å². The Morgan fingerprint density at radius 1 is 0.952 bits per heavy atom. The van der Waals surface area contributed by atoms with Crippen molar-refractivity contribution in [2.75, 3.05) is 0 Å². The van der Waals surface area contributed by atoms with Crippen LogP contribution in [0, 0.1) is 18.8 Å². The van der Waals surface area contributed by atoms with E-state index < -0.39 is 11.8 Å². The molecule has 2 aromatic rings. The van der Waals surface area contributed by atoms with Gasteiger partial charge in [0.2, 0.25) is 5.60 Å². The molecule has 0 aromatic heterocycles. The van der Waals surface area contributed by atoms with Crippen molar-refractivity contribution in [2.24, 2.45) is 0 Å². The molecule has 0 aliphatic heterocycles. The highest BCUT2D eigenvalue weighted by molar-refractivity contribution is 5.42. The standard InChI is InChI=1S/C17H13F3O/c1-13-6-5-9-15(12-13)16(21,17(18,19)20)11-10-14-7-3-2-4-8-14/h2-9,12,21H,1H3. The topological polar surface area (TPSA) is 20.2 Å². The summed E-state index contributed by atoms with van der Waals surface area (Å²) in [5, 5.41) is 10.1. The van der Waals surface area contributed by atoms with Crippen LogP contribution in [0.4, 0.5) is 13.2 Å². The third-order valence-electron chi connectivity index (χ3n) is 3.01. The summed E-state index contributed by atoms with van der Waals surface area (Å²) in [6.07, 6.45) is -4.89. The smallest absolute Gasteiger partial charge is 0.366 e. The molecule has 0 fully saturated rings. The molecular weight excluding hydrogens is 277 g/mol. The molecule has 1 N–H and O–H groups in total. The Labute approximate surface area is 121 Å². The zero-order valence-corrected chi connectivity index (χ0v) is 11.3. The quantitative estimate of drug-likeness (QED) is 0.792. The van der Waals surface area contributed by atoms with Crippen molar-refractivity contribution in [1.29, 1.82) is 0 Å². The highest BCUT2D eigenvalue weighted by Gasteiger charge is 2.54. The summed E-state index contributed by atoms with van der Waals surface area (Å²) in [5.41, 5.74) is -2.43. The van der Waals surface area contributed by atoms with Gasteiger partial charge in [-0.05, 0) is 25.0 Å². The van der Waals surface area contributed by atoms with E-state index in [1.165, 1.54) is 18.2 Å². The SMILES string of the molecule is Cc1cccc(C(O)(C#Cc2ccccc2)C(F)(F)F)c1. The average molecular weight is 290 g/mol. The van der Waals surface area contributed by atoms with Crippen LogP contribution >= 0.6 is 0 Å². The Balaban J connectivity index is 2.52. The fourth-order valence-corrected chi connectivity index (χ4v) is 1.86. The monoisotopic (exact) mass is 290 g/mol. The van der Waals surface area contributed by atoms with Gasteiger partial charge in [-0.15, -0.1) is 0 Å². The fraction of sp³-hybridized carbons (Fsp3) is 0.176. The fourth-order valence-electron chi connectivity index (χ4n) is 1.86. The number of hydrogen-bond acceptors (Lipinski definition) is 1. The molecule has 2 rings (SSSR count). The predicted octanol–water partition coefficient (Wildman–Crippen LogP) is 3.80. The largest absolute Gasteiger partial charge is 0.433 e. The number of hydrogen-bond donors (Lipinski definition) is 1. The Bertz CT molecular complexity index is 680. The molecule has 0 heterocycles. The van der Waals surface area contributed by atoms with Crippen LogP contribution < -0.4 is 0 Å². The Morgan fingerprint density at radius 2 is 1.62 bits per heavy atom. The van der Waals surface area contributed by atoms with Gasteiger partial charge >= 0.3 is 6.18 Å². The van der Waals surface area contributed by atoms with Crippen LogP contribution in [-0.4, -0.2) is 11.3 Å². The van der Waals surface area contributed by atoms with Gasteiger partial charge in [0.15, 0.2) is 0 Å². The van der Waals surface area contributed by atoms with Gasteiger partial charge in [0.1, 0.15) is 0 Å². The van der Waals surface area contributed by atoms with Gasteiger partial charge in [0, 0.05) is 11.1 Å². The van der Waals surface area contributed by atoms with Gasteiger partial charge in [-0.1, -0.05) is 53.9 Å². The van der Waals surface area contributed by atoms with Crippen LogP contribution in [0.1, 0.15) is 16.7 Å². The number of alkyl halides is 3. The van der Waals surface area contributed by atoms with E-state index in [2.05, 4.69) is 5.92 Å². The van der Waals surface area contributed by atoms with Crippen LogP contribution in [0.3, 0.4) is 0 Å². The number of aliphatic hydroxyl groups is 1. The maximum absolute atomic E-state index is 13.3. The minimum absolute atomic E-state index is 0.279. The molecule has 0 bridgehead atoms. The molecule has 1 unspecified atom stereocenters. The molecule has 0 aliphatic carbocycles. The molecule has 0 spiro atoms. The second-order valence-electron chi connectivity index (χ2n) is 4.69. The van der Waals surface area contributed by atoms with E-state index in [0.29, 0.717) is 11.1 Å². The number of rotatable bonds is 1. The van der Waals surface area contributed by atoms with Crippen LogP contribution in [0.25, 0.3) is 0 Å². The molecule has 2 aromatic carbocycles. The predicted molar refractivity (Wildman–Crippen MR) is 74.5 cm³/mol. The minimum Gasteiger partial charge on any atom is -0.366 e. The Hall–Kier alpha value is -2.25. The number of benzene rings is 2. The van der Waals surface area contributed by atoms with Crippen molar-refractivity contribution in [3.8, 4) is 11.8 Å². The van der Waals surface area contributed by atoms with Crippen LogP contribution in [-0.2, 0) is 5.60 Å². The summed E-state index contributed by atoms with van der Waals surface area (Å²) < 4.78 is 39.8. The molecule has 0 saturated carbocycles. The molecule has 4 heteroatoms. The highest BCUT2D eigenvalue weighted by Crippen LogP contribution is 2.38. The van der Waals surface area contributed by atoms with Crippen LogP contribution in [0.2, 0.25) is 0 Å². The van der Waals surface area contributed by atoms with E-state index in [1.54, 1.807) is 43.3 Å². The van der Waals surface area contributed by atoms with E-state index in [0.717, 1.165) is 0 Å². The Morgan fingerprint density at radius 3 is 2.19 bits per heavy atom. The van der Waals surface area contributed by atoms with Gasteiger partial charge in [0.25, 0.3) is 0 Å². The van der Waals surface area contributed by atoms with E-state index in [4.69, 9.17) is 0 Å². The molecule has 0 saturated heterocycles. The highest BCUT2D eigenvalue weighted by atomic mass is 19.4. The van der Waals surface area contributed by atoms with Crippen molar-refractivity contribution in [3.05, 3.63) is 71.3 Å². The molecule has 108 valence electrons. The third-order valence-corrected chi connectivity index (χ3v) is 3.01. The number of halogens is 3. The summed E-state index contributed by atoms with van der Waals surface area (Å²) in [6, 6.07) is 13.9. The molecule has 0 amide bonds. The van der Waals surface area contributed by atoms with E-state index in [9.17, 15) is 18.3 Å². The summed E-state index contributed by atoms with van der Waals surface area (Å²) >= 11 is 0. The lowest BCUT2D eigenvalue weighted by Gasteiger charge is -2.25. The summed E-state index contributed by atoms with van der Waals surface area (Å²) in [7, 11) is 0. The van der Waals surface area contributed by atoms with E-state index >= 15 is 0 Å². The van der Waals surface area contributed by atoms with Gasteiger partial charge in [-0.3, -0.25) is 0 Å². The third kappa shape index (κ3) is 3.26. The summed E-state index contributed by atoms with van der Waals surface area (Å²) in [4.78, 5) is 0. The minimum atomic E-state index is -4.89. The lowest BCUT2D eigenvalue weighted by atomic mass is 9.92. The normalized spacial score (nSPS) is 14.0. The molecule has 1 nitrogen and oxygen atoms in total. The first-order valence-electron chi connectivity index (χ1n) is 6.27. The van der Waals surface area contributed by atoms with Gasteiger partial charge in [0.05, 0.1) is 0 Å². The maximum Gasteiger partial charge on any atom is 0.433 e. The first kappa shape index (κ1) is 15.1. The first-order valence-corrected chi connectivity index (χ1v) is 6.27. The summed E-state index contributed by atoms with van der Waals surface area (Å²) in [5.74, 6) is 4.37. The first-order chi connectivity index (χ1) is 9.83. The second-order valence-corrected chi connectivity index (χ2v) is 4.69. The summed E-state index contributed by atoms with van der Waals surface area (Å²) in [6.45, 7) is 1.66. The average Bonchev–Trinajstić information content (AvgIpc) is 2.44. The zero-order valence-electron chi connectivity index (χ0n) is 11.3. The van der Waals surface area contributed by atoms with Crippen molar-refractivity contribution >= 4 is 0 Å². The molecule has 21 heavy (non-hydrogen) atoms. The van der Waals surface area contributed by atoms with Crippen molar-refractivity contribution in [1.82, 2.24) is 0 Å².